The van der Waals surface area contributed by atoms with Crippen LogP contribution in [-0.2, 0) is 4.79 Å². The minimum absolute atomic E-state index is 0.216. The fourth-order valence-electron chi connectivity index (χ4n) is 2.42. The van der Waals surface area contributed by atoms with Crippen molar-refractivity contribution in [1.29, 1.82) is 0 Å². The second-order valence-corrected chi connectivity index (χ2v) is 5.30. The summed E-state index contributed by atoms with van der Waals surface area (Å²) in [6, 6.07) is 6.76. The van der Waals surface area contributed by atoms with E-state index in [9.17, 15) is 9.59 Å². The topological polar surface area (TPSA) is 70.8 Å². The van der Waals surface area contributed by atoms with Gasteiger partial charge in [-0.2, -0.15) is 0 Å². The van der Waals surface area contributed by atoms with Crippen LogP contribution in [0, 0.1) is 5.92 Å². The molecule has 3 rings (SSSR count). The molecule has 1 atom stereocenters. The summed E-state index contributed by atoms with van der Waals surface area (Å²) in [5, 5.41) is 10.3. The summed E-state index contributed by atoms with van der Waals surface area (Å²) in [5.74, 6) is -1.41. The molecular weight excluding hydrogens is 282 g/mol. The molecule has 1 aromatic carbocycles. The highest BCUT2D eigenvalue weighted by atomic mass is 35.5. The Morgan fingerprint density at radius 2 is 2.15 bits per heavy atom. The monoisotopic (exact) mass is 293 g/mol. The summed E-state index contributed by atoms with van der Waals surface area (Å²) in [6.07, 6.45) is 0.479. The second kappa shape index (κ2) is 4.83. The molecule has 1 N–H and O–H groups in total. The van der Waals surface area contributed by atoms with Crippen LogP contribution in [-0.4, -0.2) is 35.0 Å². The summed E-state index contributed by atoms with van der Waals surface area (Å²) in [7, 11) is 0. The Morgan fingerprint density at radius 1 is 1.35 bits per heavy atom. The predicted octanol–water partition coefficient (Wildman–Crippen LogP) is 2.63. The predicted molar refractivity (Wildman–Crippen MR) is 72.9 cm³/mol. The standard InChI is InChI=1S/C14H12ClNO4/c15-10-1-2-11-9(5-10)6-12(20-11)13(17)16-4-3-8(7-16)14(18)19/h1-2,5-6,8H,3-4,7H2,(H,18,19). The number of aliphatic carboxylic acids is 1. The van der Waals surface area contributed by atoms with Crippen LogP contribution in [0.4, 0.5) is 0 Å². The first-order chi connectivity index (χ1) is 9.54. The maximum Gasteiger partial charge on any atom is 0.308 e. The van der Waals surface area contributed by atoms with Gasteiger partial charge in [-0.05, 0) is 30.7 Å². The molecular formula is C14H12ClNO4. The highest BCUT2D eigenvalue weighted by Gasteiger charge is 2.32. The lowest BCUT2D eigenvalue weighted by Gasteiger charge is -2.13. The molecule has 104 valence electrons. The van der Waals surface area contributed by atoms with E-state index in [1.165, 1.54) is 4.90 Å². The van der Waals surface area contributed by atoms with Crippen molar-refractivity contribution >= 4 is 34.4 Å². The zero-order valence-corrected chi connectivity index (χ0v) is 11.3. The second-order valence-electron chi connectivity index (χ2n) is 4.87. The third-order valence-electron chi connectivity index (χ3n) is 3.51. The Labute approximate surface area is 119 Å². The minimum atomic E-state index is -0.864. The van der Waals surface area contributed by atoms with Crippen LogP contribution in [0.15, 0.2) is 28.7 Å². The number of furan rings is 1. The summed E-state index contributed by atoms with van der Waals surface area (Å²) >= 11 is 5.89. The number of carboxylic acid groups (broad SMARTS) is 1. The van der Waals surface area contributed by atoms with E-state index in [2.05, 4.69) is 0 Å². The number of benzene rings is 1. The van der Waals surface area contributed by atoms with E-state index >= 15 is 0 Å². The molecule has 1 saturated heterocycles. The van der Waals surface area contributed by atoms with Crippen LogP contribution in [0.5, 0.6) is 0 Å². The average Bonchev–Trinajstić information content (AvgIpc) is 3.03. The normalized spacial score (nSPS) is 18.6. The number of carboxylic acids is 1. The van der Waals surface area contributed by atoms with Crippen molar-refractivity contribution in [2.24, 2.45) is 5.92 Å². The number of carbonyl (C=O) groups is 2. The molecule has 0 radical (unpaired) electrons. The number of likely N-dealkylation sites (tertiary alicyclic amines) is 1. The fraction of sp³-hybridized carbons (Fsp3) is 0.286. The first kappa shape index (κ1) is 13.0. The largest absolute Gasteiger partial charge is 0.481 e. The SMILES string of the molecule is O=C(O)C1CCN(C(=O)c2cc3cc(Cl)ccc3o2)C1. The third kappa shape index (κ3) is 2.25. The summed E-state index contributed by atoms with van der Waals surface area (Å²) in [6.45, 7) is 0.666. The Balaban J connectivity index is 1.84. The quantitative estimate of drug-likeness (QED) is 0.924. The highest BCUT2D eigenvalue weighted by molar-refractivity contribution is 6.31. The van der Waals surface area contributed by atoms with Crippen LogP contribution in [0.2, 0.25) is 5.02 Å². The number of carbonyl (C=O) groups excluding carboxylic acids is 1. The van der Waals surface area contributed by atoms with Crippen molar-refractivity contribution in [3.05, 3.63) is 35.0 Å². The highest BCUT2D eigenvalue weighted by Crippen LogP contribution is 2.25. The Morgan fingerprint density at radius 3 is 2.85 bits per heavy atom. The maximum atomic E-state index is 12.3. The first-order valence-electron chi connectivity index (χ1n) is 6.26. The third-order valence-corrected chi connectivity index (χ3v) is 3.75. The van der Waals surface area contributed by atoms with Gasteiger partial charge in [0, 0.05) is 23.5 Å². The Bertz CT molecular complexity index is 694. The van der Waals surface area contributed by atoms with Gasteiger partial charge in [-0.3, -0.25) is 9.59 Å². The molecule has 1 fully saturated rings. The van der Waals surface area contributed by atoms with Crippen molar-refractivity contribution < 1.29 is 19.1 Å². The zero-order valence-electron chi connectivity index (χ0n) is 10.5. The molecule has 2 aromatic rings. The van der Waals surface area contributed by atoms with E-state index in [0.29, 0.717) is 23.6 Å². The molecule has 0 aliphatic carbocycles. The van der Waals surface area contributed by atoms with E-state index in [0.717, 1.165) is 5.39 Å². The van der Waals surface area contributed by atoms with Crippen molar-refractivity contribution in [3.8, 4) is 0 Å². The van der Waals surface area contributed by atoms with E-state index in [4.69, 9.17) is 21.1 Å². The van der Waals surface area contributed by atoms with Gasteiger partial charge in [0.25, 0.3) is 5.91 Å². The van der Waals surface area contributed by atoms with Crippen LogP contribution in [0.1, 0.15) is 17.0 Å². The van der Waals surface area contributed by atoms with Gasteiger partial charge in [0.2, 0.25) is 0 Å². The smallest absolute Gasteiger partial charge is 0.308 e. The molecule has 1 amide bonds. The molecule has 1 aliphatic heterocycles. The van der Waals surface area contributed by atoms with Gasteiger partial charge in [-0.1, -0.05) is 11.6 Å². The lowest BCUT2D eigenvalue weighted by atomic mass is 10.1. The van der Waals surface area contributed by atoms with E-state index in [-0.39, 0.29) is 18.2 Å². The van der Waals surface area contributed by atoms with Crippen molar-refractivity contribution in [1.82, 2.24) is 4.90 Å². The van der Waals surface area contributed by atoms with Gasteiger partial charge in [-0.25, -0.2) is 0 Å². The average molecular weight is 294 g/mol. The van der Waals surface area contributed by atoms with E-state index in [1.54, 1.807) is 24.3 Å². The van der Waals surface area contributed by atoms with Gasteiger partial charge >= 0.3 is 5.97 Å². The number of amides is 1. The lowest BCUT2D eigenvalue weighted by Crippen LogP contribution is -2.29. The summed E-state index contributed by atoms with van der Waals surface area (Å²) < 4.78 is 5.50. The van der Waals surface area contributed by atoms with Gasteiger partial charge in [-0.15, -0.1) is 0 Å². The Kier molecular flexibility index (Phi) is 3.14. The molecule has 0 bridgehead atoms. The van der Waals surface area contributed by atoms with E-state index < -0.39 is 11.9 Å². The molecule has 0 spiro atoms. The number of hydrogen-bond acceptors (Lipinski definition) is 3. The number of hydrogen-bond donors (Lipinski definition) is 1. The summed E-state index contributed by atoms with van der Waals surface area (Å²) in [4.78, 5) is 24.7. The maximum absolute atomic E-state index is 12.3. The number of fused-ring (bicyclic) bond motifs is 1. The van der Waals surface area contributed by atoms with Crippen molar-refractivity contribution in [2.45, 2.75) is 6.42 Å². The summed E-state index contributed by atoms with van der Waals surface area (Å²) in [5.41, 5.74) is 0.590. The number of halogens is 1. The molecule has 0 saturated carbocycles. The van der Waals surface area contributed by atoms with Crippen molar-refractivity contribution in [2.75, 3.05) is 13.1 Å². The minimum Gasteiger partial charge on any atom is -0.481 e. The Hall–Kier alpha value is -2.01. The van der Waals surface area contributed by atoms with Crippen LogP contribution in [0.3, 0.4) is 0 Å². The van der Waals surface area contributed by atoms with Gasteiger partial charge in [0.15, 0.2) is 5.76 Å². The van der Waals surface area contributed by atoms with E-state index in [1.807, 2.05) is 0 Å². The lowest BCUT2D eigenvalue weighted by molar-refractivity contribution is -0.141. The molecule has 1 aliphatic rings. The molecule has 1 aromatic heterocycles. The molecule has 20 heavy (non-hydrogen) atoms. The van der Waals surface area contributed by atoms with Crippen LogP contribution < -0.4 is 0 Å². The first-order valence-corrected chi connectivity index (χ1v) is 6.63. The molecule has 2 heterocycles. The molecule has 5 nitrogen and oxygen atoms in total. The van der Waals surface area contributed by atoms with Gasteiger partial charge in [0.05, 0.1) is 5.92 Å². The number of rotatable bonds is 2. The fourth-order valence-corrected chi connectivity index (χ4v) is 2.60. The molecule has 1 unspecified atom stereocenters. The number of nitrogens with zero attached hydrogens (tertiary/aromatic N) is 1. The zero-order chi connectivity index (χ0) is 14.3. The van der Waals surface area contributed by atoms with Gasteiger partial charge < -0.3 is 14.4 Å². The van der Waals surface area contributed by atoms with Gasteiger partial charge in [0.1, 0.15) is 5.58 Å². The molecule has 6 heteroatoms. The van der Waals surface area contributed by atoms with Crippen LogP contribution in [0.25, 0.3) is 11.0 Å². The van der Waals surface area contributed by atoms with Crippen molar-refractivity contribution in [3.63, 3.8) is 0 Å². The van der Waals surface area contributed by atoms with Crippen LogP contribution >= 0.6 is 11.6 Å².